The van der Waals surface area contributed by atoms with Gasteiger partial charge >= 0.3 is 5.97 Å². The molecule has 1 aromatic carbocycles. The van der Waals surface area contributed by atoms with Gasteiger partial charge in [-0.1, -0.05) is 11.6 Å². The maximum atomic E-state index is 13.2. The van der Waals surface area contributed by atoms with Crippen molar-refractivity contribution in [2.45, 2.75) is 57.9 Å². The quantitative estimate of drug-likeness (QED) is 0.224. The minimum absolute atomic E-state index is 0. The van der Waals surface area contributed by atoms with Crippen LogP contribution in [0.4, 0.5) is 0 Å². The first-order chi connectivity index (χ1) is 15.0. The van der Waals surface area contributed by atoms with Crippen LogP contribution in [-0.4, -0.2) is 30.1 Å². The molecule has 2 aromatic rings. The third-order valence-corrected chi connectivity index (χ3v) is 8.01. The molecule has 2 bridgehead atoms. The summed E-state index contributed by atoms with van der Waals surface area (Å²) in [4.78, 5) is 24.4. The Balaban J connectivity index is 0.00000289. The minimum atomic E-state index is -0.156. The van der Waals surface area contributed by atoms with Gasteiger partial charge in [-0.05, 0) is 81.4 Å². The summed E-state index contributed by atoms with van der Waals surface area (Å²) in [6, 6.07) is 5.41. The monoisotopic (exact) mass is 668 g/mol. The summed E-state index contributed by atoms with van der Waals surface area (Å²) in [7, 11) is 1.43. The molecule has 0 spiro atoms. The minimum Gasteiger partial charge on any atom is -0.508 e. The number of phenols is 1. The van der Waals surface area contributed by atoms with Gasteiger partial charge in [0, 0.05) is 72.0 Å². The zero-order valence-electron chi connectivity index (χ0n) is 18.8. The molecule has 1 unspecified atom stereocenters. The number of benzene rings is 1. The molecule has 2 fully saturated rings. The summed E-state index contributed by atoms with van der Waals surface area (Å²) in [5.74, 6) is 1.71. The van der Waals surface area contributed by atoms with Crippen LogP contribution in [0.1, 0.15) is 62.2 Å². The third-order valence-electron chi connectivity index (χ3n) is 7.05. The number of carbonyl (C=O) groups excluding carboxylic acids is 2. The first kappa shape index (κ1) is 25.7. The largest absolute Gasteiger partial charge is 0.508 e. The number of rotatable bonds is 8. The van der Waals surface area contributed by atoms with Crippen molar-refractivity contribution >= 4 is 33.3 Å². The molecule has 1 aromatic heterocycles. The topological polar surface area (TPSA) is 75.6 Å². The molecule has 169 valence electrons. The van der Waals surface area contributed by atoms with Gasteiger partial charge in [-0.15, -0.1) is 11.3 Å². The van der Waals surface area contributed by atoms with Gasteiger partial charge in [0.2, 0.25) is 0 Å². The van der Waals surface area contributed by atoms with Gasteiger partial charge in [0.25, 0.3) is 5.91 Å². The zero-order valence-corrected chi connectivity index (χ0v) is 24.4. The smallest absolute Gasteiger partial charge is 0.305 e. The number of hydrogen-bond acceptors (Lipinski definition) is 5. The Morgan fingerprint density at radius 1 is 1.28 bits per heavy atom. The number of thiophene rings is 1. The molecule has 0 saturated heterocycles. The van der Waals surface area contributed by atoms with Crippen molar-refractivity contribution in [1.82, 2.24) is 5.32 Å². The van der Waals surface area contributed by atoms with Gasteiger partial charge in [-0.3, -0.25) is 9.59 Å². The van der Waals surface area contributed by atoms with E-state index < -0.39 is 0 Å². The molecule has 0 aliphatic heterocycles. The van der Waals surface area contributed by atoms with E-state index in [0.29, 0.717) is 29.7 Å². The van der Waals surface area contributed by atoms with Gasteiger partial charge in [-0.2, -0.15) is 0 Å². The molecular weight excluding hydrogens is 637 g/mol. The van der Waals surface area contributed by atoms with Crippen molar-refractivity contribution in [3.63, 3.8) is 0 Å². The molecule has 2 saturated carbocycles. The number of esters is 1. The van der Waals surface area contributed by atoms with E-state index in [-0.39, 0.29) is 67.7 Å². The van der Waals surface area contributed by atoms with Crippen molar-refractivity contribution in [3.05, 3.63) is 40.8 Å². The maximum Gasteiger partial charge on any atom is 0.305 e. The van der Waals surface area contributed by atoms with E-state index in [1.807, 2.05) is 11.4 Å². The van der Waals surface area contributed by atoms with Gasteiger partial charge in [0.05, 0.1) is 12.7 Å². The third kappa shape index (κ3) is 5.77. The summed E-state index contributed by atoms with van der Waals surface area (Å²) < 4.78 is 5.71. The number of amides is 1. The molecule has 1 amide bonds. The number of ether oxygens (including phenoxy) is 1. The van der Waals surface area contributed by atoms with Crippen LogP contribution in [0.5, 0.6) is 5.75 Å². The molecule has 7 heteroatoms. The number of carbonyl (C=O) groups is 2. The molecule has 2 aliphatic rings. The Morgan fingerprint density at radius 2 is 2.06 bits per heavy atom. The number of hydrogen-bond donors (Lipinski definition) is 2. The fraction of sp³-hybridized carbons (Fsp3) is 0.520. The second kappa shape index (κ2) is 11.5. The predicted octanol–water partition coefficient (Wildman–Crippen LogP) is 5.43. The molecule has 2 N–H and O–H groups in total. The van der Waals surface area contributed by atoms with Crippen LogP contribution in [0.2, 0.25) is 0 Å². The van der Waals surface area contributed by atoms with E-state index in [1.54, 1.807) is 12.1 Å². The molecule has 5 nitrogen and oxygen atoms in total. The number of unbranched alkanes of at least 4 members (excludes halogenated alkanes) is 1. The molecule has 4 atom stereocenters. The van der Waals surface area contributed by atoms with E-state index >= 15 is 0 Å². The fourth-order valence-electron chi connectivity index (χ4n) is 5.50. The zero-order chi connectivity index (χ0) is 22.0. The van der Waals surface area contributed by atoms with E-state index in [0.717, 1.165) is 29.3 Å². The Labute approximate surface area is 229 Å². The Hall–Kier alpha value is -0.898. The van der Waals surface area contributed by atoms with Crippen LogP contribution >= 0.6 is 11.3 Å². The molecule has 1 heterocycles. The fourth-order valence-corrected chi connectivity index (χ4v) is 6.42. The van der Waals surface area contributed by atoms with Crippen molar-refractivity contribution < 1.29 is 63.5 Å². The van der Waals surface area contributed by atoms with Gasteiger partial charge in [-0.25, -0.2) is 0 Å². The number of allylic oxidation sites excluding steroid dienone is 2. The molecule has 4 rings (SSSR count). The number of fused-ring (bicyclic) bond motifs is 3. The summed E-state index contributed by atoms with van der Waals surface area (Å²) in [6.45, 7) is 2.16. The summed E-state index contributed by atoms with van der Waals surface area (Å²) in [5, 5.41) is 15.9. The van der Waals surface area contributed by atoms with Crippen LogP contribution in [0, 0.1) is 61.8 Å². The van der Waals surface area contributed by atoms with Crippen LogP contribution < -0.4 is 5.32 Å². The summed E-state index contributed by atoms with van der Waals surface area (Å²) in [5.41, 5.74) is 2.00. The van der Waals surface area contributed by atoms with E-state index in [9.17, 15) is 14.7 Å². The predicted molar refractivity (Wildman–Crippen MR) is 123 cm³/mol. The number of methoxy groups -OCH3 is 1. The number of phenolic OH excluding ortho intramolecular Hbond substituents is 1. The van der Waals surface area contributed by atoms with Crippen LogP contribution in [0.15, 0.2) is 35.2 Å². The van der Waals surface area contributed by atoms with Crippen LogP contribution in [0.3, 0.4) is 0 Å². The molecule has 32 heavy (non-hydrogen) atoms. The van der Waals surface area contributed by atoms with Gasteiger partial charge in [0.15, 0.2) is 0 Å². The first-order valence-corrected chi connectivity index (χ1v) is 12.1. The van der Waals surface area contributed by atoms with Crippen molar-refractivity contribution in [2.24, 2.45) is 17.8 Å². The van der Waals surface area contributed by atoms with E-state index in [2.05, 4.69) is 18.3 Å². The Kier molecular flexibility index (Phi) is 9.24. The Morgan fingerprint density at radius 3 is 2.84 bits per heavy atom. The Bertz CT molecular complexity index is 1000. The van der Waals surface area contributed by atoms with E-state index in [4.69, 9.17) is 4.74 Å². The second-order valence-corrected chi connectivity index (χ2v) is 9.96. The number of aromatic hydroxyl groups is 1. The van der Waals surface area contributed by atoms with Crippen molar-refractivity contribution in [1.29, 1.82) is 0 Å². The molecule has 2 aliphatic carbocycles. The normalized spacial score (nSPS) is 24.4. The number of nitrogens with one attached hydrogen (secondary N) is 1. The van der Waals surface area contributed by atoms with Gasteiger partial charge < -0.3 is 15.2 Å². The van der Waals surface area contributed by atoms with Crippen molar-refractivity contribution in [2.75, 3.05) is 7.11 Å². The van der Waals surface area contributed by atoms with E-state index in [1.165, 1.54) is 43.3 Å². The SMILES string of the molecule is COC(=O)CCC/C=C(/C)C[C@@H]1C(NC(=O)c2csc3ccc(O)cc23)[C@H]2CC[C@@H]1C2.[Ac]. The summed E-state index contributed by atoms with van der Waals surface area (Å²) in [6.07, 6.45) is 9.03. The van der Waals surface area contributed by atoms with Crippen LogP contribution in [0.25, 0.3) is 10.1 Å². The average molecular weight is 669 g/mol. The molecule has 1 radical (unpaired) electrons. The maximum absolute atomic E-state index is 13.2. The second-order valence-electron chi connectivity index (χ2n) is 9.05. The van der Waals surface area contributed by atoms with Crippen LogP contribution in [-0.2, 0) is 9.53 Å². The standard InChI is InChI=1S/C25H31NO4S.Ac/c1-15(5-3-4-6-23(28)30-2)11-19-16-7-8-17(12-16)24(19)26-25(29)21-14-31-22-10-9-18(27)13-20(21)22;/h5,9-10,13-14,16-17,19,24,27H,3-4,6-8,11-12H2,1-2H3,(H,26,29);/b15-5-;/t16-,17+,19+,24?;/m1./s1. The van der Waals surface area contributed by atoms with Crippen molar-refractivity contribution in [3.8, 4) is 5.75 Å². The summed E-state index contributed by atoms with van der Waals surface area (Å²) >= 11 is 1.54. The first-order valence-electron chi connectivity index (χ1n) is 11.2. The van der Waals surface area contributed by atoms with Gasteiger partial charge in [0.1, 0.15) is 5.75 Å². The molecular formula is C25H31AcNO4S. The average Bonchev–Trinajstić information content (AvgIpc) is 3.46.